The number of hydrogen-bond donors (Lipinski definition) is 2. The largest absolute Gasteiger partial charge is 0.444 e. The van der Waals surface area contributed by atoms with E-state index in [1.54, 1.807) is 19.1 Å². The summed E-state index contributed by atoms with van der Waals surface area (Å²) >= 11 is 0. The van der Waals surface area contributed by atoms with Crippen molar-refractivity contribution in [3.8, 4) is 0 Å². The molecule has 2 atom stereocenters. The van der Waals surface area contributed by atoms with Gasteiger partial charge in [0.1, 0.15) is 5.60 Å². The van der Waals surface area contributed by atoms with Crippen LogP contribution in [0.5, 0.6) is 0 Å². The number of nitrogens with zero attached hydrogens (tertiary/aromatic N) is 2. The lowest BCUT2D eigenvalue weighted by Gasteiger charge is -2.26. The zero-order chi connectivity index (χ0) is 18.8. The lowest BCUT2D eigenvalue weighted by Crippen LogP contribution is -2.44. The third-order valence-electron chi connectivity index (χ3n) is 3.00. The average Bonchev–Trinajstić information content (AvgIpc) is 2.43. The predicted molar refractivity (Wildman–Crippen MR) is 98.5 cm³/mol. The summed E-state index contributed by atoms with van der Waals surface area (Å²) in [5.41, 5.74) is -0.480. The van der Waals surface area contributed by atoms with Gasteiger partial charge < -0.3 is 25.0 Å². The molecule has 0 aromatic rings. The first-order valence-corrected chi connectivity index (χ1v) is 8.56. The van der Waals surface area contributed by atoms with Gasteiger partial charge in [0.2, 0.25) is 0 Å². The molecule has 2 N–H and O–H groups in total. The molecule has 1 amide bonds. The second-order valence-electron chi connectivity index (χ2n) is 7.19. The molecule has 24 heavy (non-hydrogen) atoms. The van der Waals surface area contributed by atoms with E-state index in [9.17, 15) is 4.79 Å². The molecular weight excluding hydrogens is 308 g/mol. The van der Waals surface area contributed by atoms with Gasteiger partial charge in [-0.15, -0.1) is 0 Å². The number of carbonyl (C=O) groups is 1. The zero-order valence-corrected chi connectivity index (χ0v) is 16.6. The number of methoxy groups -OCH3 is 1. The molecule has 7 heteroatoms. The Morgan fingerprint density at radius 1 is 1.29 bits per heavy atom. The molecule has 0 aromatic carbocycles. The number of nitrogens with one attached hydrogen (secondary N) is 2. The van der Waals surface area contributed by atoms with Crippen molar-refractivity contribution in [2.24, 2.45) is 10.9 Å². The molecule has 0 fully saturated rings. The fourth-order valence-electron chi connectivity index (χ4n) is 2.03. The molecule has 0 radical (unpaired) electrons. The van der Waals surface area contributed by atoms with E-state index in [1.807, 2.05) is 34.6 Å². The van der Waals surface area contributed by atoms with Crippen molar-refractivity contribution in [2.75, 3.05) is 40.4 Å². The Morgan fingerprint density at radius 3 is 2.42 bits per heavy atom. The van der Waals surface area contributed by atoms with E-state index >= 15 is 0 Å². The van der Waals surface area contributed by atoms with E-state index in [4.69, 9.17) is 9.47 Å². The number of guanidine groups is 1. The minimum Gasteiger partial charge on any atom is -0.444 e. The molecule has 2 unspecified atom stereocenters. The van der Waals surface area contributed by atoms with Crippen molar-refractivity contribution in [3.63, 3.8) is 0 Å². The van der Waals surface area contributed by atoms with Gasteiger partial charge >= 0.3 is 6.09 Å². The molecule has 0 spiro atoms. The van der Waals surface area contributed by atoms with Crippen LogP contribution in [0.15, 0.2) is 4.99 Å². The Hall–Kier alpha value is -1.50. The smallest absolute Gasteiger partial charge is 0.410 e. The Bertz CT molecular complexity index is 394. The normalized spacial score (nSPS) is 14.8. The van der Waals surface area contributed by atoms with E-state index < -0.39 is 5.60 Å². The van der Waals surface area contributed by atoms with Crippen LogP contribution in [0.4, 0.5) is 4.79 Å². The quantitative estimate of drug-likeness (QED) is 0.521. The highest BCUT2D eigenvalue weighted by Gasteiger charge is 2.20. The predicted octanol–water partition coefficient (Wildman–Crippen LogP) is 2.08. The maximum atomic E-state index is 12.0. The number of carbonyl (C=O) groups excluding carboxylic acids is 1. The molecule has 7 nitrogen and oxygen atoms in total. The van der Waals surface area contributed by atoms with Crippen LogP contribution in [0.2, 0.25) is 0 Å². The van der Waals surface area contributed by atoms with E-state index in [0.29, 0.717) is 19.7 Å². The molecule has 0 aliphatic heterocycles. The monoisotopic (exact) mass is 344 g/mol. The van der Waals surface area contributed by atoms with Crippen LogP contribution >= 0.6 is 0 Å². The summed E-state index contributed by atoms with van der Waals surface area (Å²) in [7, 11) is 3.43. The van der Waals surface area contributed by atoms with Crippen molar-refractivity contribution in [1.82, 2.24) is 15.5 Å². The van der Waals surface area contributed by atoms with Crippen molar-refractivity contribution in [2.45, 2.75) is 53.2 Å². The Balaban J connectivity index is 4.48. The average molecular weight is 345 g/mol. The van der Waals surface area contributed by atoms with E-state index in [2.05, 4.69) is 22.5 Å². The SMILES string of the molecule is CCNC(=NCC(C)CN(C)C(=O)OC(C)(C)C)NC(C)COC. The van der Waals surface area contributed by atoms with Gasteiger partial charge in [-0.05, 0) is 40.5 Å². The fourth-order valence-corrected chi connectivity index (χ4v) is 2.03. The molecule has 0 rings (SSSR count). The van der Waals surface area contributed by atoms with Gasteiger partial charge in [0.15, 0.2) is 5.96 Å². The van der Waals surface area contributed by atoms with Crippen molar-refractivity contribution in [3.05, 3.63) is 0 Å². The van der Waals surface area contributed by atoms with Crippen LogP contribution in [-0.2, 0) is 9.47 Å². The van der Waals surface area contributed by atoms with Gasteiger partial charge in [-0.25, -0.2) is 4.79 Å². The number of hydrogen-bond acceptors (Lipinski definition) is 4. The highest BCUT2D eigenvalue weighted by Crippen LogP contribution is 2.10. The molecule has 0 saturated carbocycles. The van der Waals surface area contributed by atoms with E-state index in [0.717, 1.165) is 12.5 Å². The molecule has 0 bridgehead atoms. The van der Waals surface area contributed by atoms with E-state index in [-0.39, 0.29) is 18.1 Å². The number of amides is 1. The first-order chi connectivity index (χ1) is 11.1. The van der Waals surface area contributed by atoms with Crippen LogP contribution < -0.4 is 10.6 Å². The summed E-state index contributed by atoms with van der Waals surface area (Å²) in [6, 6.07) is 0.174. The highest BCUT2D eigenvalue weighted by atomic mass is 16.6. The minimum atomic E-state index is -0.480. The molecule has 0 heterocycles. The van der Waals surface area contributed by atoms with Crippen LogP contribution in [0.1, 0.15) is 41.5 Å². The van der Waals surface area contributed by atoms with Crippen LogP contribution in [0.25, 0.3) is 0 Å². The zero-order valence-electron chi connectivity index (χ0n) is 16.6. The molecule has 142 valence electrons. The Labute approximate surface area is 147 Å². The van der Waals surface area contributed by atoms with Gasteiger partial charge in [0.25, 0.3) is 0 Å². The van der Waals surface area contributed by atoms with Crippen LogP contribution in [0.3, 0.4) is 0 Å². The second kappa shape index (κ2) is 11.1. The summed E-state index contributed by atoms with van der Waals surface area (Å²) in [6.07, 6.45) is -0.308. The standard InChI is InChI=1S/C17H36N4O3/c1-9-18-15(20-14(3)12-23-8)19-10-13(2)11-21(7)16(22)24-17(4,5)6/h13-14H,9-12H2,1-8H3,(H2,18,19,20). The maximum Gasteiger partial charge on any atom is 0.410 e. The summed E-state index contributed by atoms with van der Waals surface area (Å²) in [6.45, 7) is 14.3. The first-order valence-electron chi connectivity index (χ1n) is 8.56. The minimum absolute atomic E-state index is 0.174. The van der Waals surface area contributed by atoms with Gasteiger partial charge in [-0.3, -0.25) is 4.99 Å². The lowest BCUT2D eigenvalue weighted by atomic mass is 10.2. The Morgan fingerprint density at radius 2 is 1.92 bits per heavy atom. The Kier molecular flexibility index (Phi) is 10.4. The lowest BCUT2D eigenvalue weighted by molar-refractivity contribution is 0.0279. The molecule has 0 aliphatic carbocycles. The molecule has 0 aromatic heterocycles. The molecule has 0 saturated heterocycles. The number of rotatable bonds is 8. The summed E-state index contributed by atoms with van der Waals surface area (Å²) in [5, 5.41) is 6.50. The summed E-state index contributed by atoms with van der Waals surface area (Å²) in [5.74, 6) is 0.976. The number of aliphatic imine (C=N–C) groups is 1. The van der Waals surface area contributed by atoms with Crippen LogP contribution in [-0.4, -0.2) is 69.0 Å². The molecular formula is C17H36N4O3. The van der Waals surface area contributed by atoms with Crippen LogP contribution in [0, 0.1) is 5.92 Å². The summed E-state index contributed by atoms with van der Waals surface area (Å²) < 4.78 is 10.5. The molecule has 0 aliphatic rings. The second-order valence-corrected chi connectivity index (χ2v) is 7.19. The van der Waals surface area contributed by atoms with E-state index in [1.165, 1.54) is 0 Å². The van der Waals surface area contributed by atoms with Gasteiger partial charge in [0.05, 0.1) is 6.61 Å². The van der Waals surface area contributed by atoms with Gasteiger partial charge in [-0.2, -0.15) is 0 Å². The topological polar surface area (TPSA) is 75.2 Å². The summed E-state index contributed by atoms with van der Waals surface area (Å²) in [4.78, 5) is 18.2. The third-order valence-corrected chi connectivity index (χ3v) is 3.00. The van der Waals surface area contributed by atoms with Gasteiger partial charge in [-0.1, -0.05) is 6.92 Å². The highest BCUT2D eigenvalue weighted by molar-refractivity contribution is 5.80. The first kappa shape index (κ1) is 22.5. The fraction of sp³-hybridized carbons (Fsp3) is 0.882. The third kappa shape index (κ3) is 11.1. The maximum absolute atomic E-state index is 12.0. The van der Waals surface area contributed by atoms with Crippen molar-refractivity contribution < 1.29 is 14.3 Å². The van der Waals surface area contributed by atoms with Crippen molar-refractivity contribution >= 4 is 12.1 Å². The van der Waals surface area contributed by atoms with Gasteiger partial charge in [0, 0.05) is 39.8 Å². The number of ether oxygens (including phenoxy) is 2. The van der Waals surface area contributed by atoms with Crippen molar-refractivity contribution in [1.29, 1.82) is 0 Å².